The van der Waals surface area contributed by atoms with Crippen molar-refractivity contribution in [2.45, 2.75) is 6.92 Å². The van der Waals surface area contributed by atoms with Crippen LogP contribution in [-0.4, -0.2) is 23.2 Å². The van der Waals surface area contributed by atoms with Crippen molar-refractivity contribution in [3.63, 3.8) is 0 Å². The van der Waals surface area contributed by atoms with Crippen LogP contribution in [0.4, 0.5) is 5.69 Å². The number of anilines is 1. The number of hydrogen-bond acceptors (Lipinski definition) is 5. The third-order valence-electron chi connectivity index (χ3n) is 3.27. The van der Waals surface area contributed by atoms with E-state index in [2.05, 4.69) is 15.5 Å². The molecule has 6 nitrogen and oxygen atoms in total. The minimum Gasteiger partial charge on any atom is -0.496 e. The van der Waals surface area contributed by atoms with Gasteiger partial charge in [0.2, 0.25) is 0 Å². The van der Waals surface area contributed by atoms with E-state index in [1.165, 1.54) is 7.11 Å². The van der Waals surface area contributed by atoms with Gasteiger partial charge in [0.1, 0.15) is 5.75 Å². The Hall–Kier alpha value is -3.15. The molecular formula is C17H15N3O3. The van der Waals surface area contributed by atoms with E-state index in [0.717, 1.165) is 5.56 Å². The molecule has 116 valence electrons. The minimum atomic E-state index is -0.233. The standard InChI is InChI=1S/C17H15N3O3/c1-11-18-17(23-20-11)12-7-9-13(10-8-12)19-16(21)14-5-3-4-6-15(14)22-2/h3-10H,1-2H3,(H,19,21). The van der Waals surface area contributed by atoms with E-state index >= 15 is 0 Å². The van der Waals surface area contributed by atoms with E-state index in [9.17, 15) is 4.79 Å². The topological polar surface area (TPSA) is 77.2 Å². The van der Waals surface area contributed by atoms with Gasteiger partial charge in [-0.1, -0.05) is 17.3 Å². The lowest BCUT2D eigenvalue weighted by molar-refractivity contribution is 0.102. The molecule has 1 aromatic heterocycles. The van der Waals surface area contributed by atoms with E-state index < -0.39 is 0 Å². The van der Waals surface area contributed by atoms with Crippen molar-refractivity contribution >= 4 is 11.6 Å². The number of benzene rings is 2. The summed E-state index contributed by atoms with van der Waals surface area (Å²) in [5.74, 6) is 1.32. The monoisotopic (exact) mass is 309 g/mol. The minimum absolute atomic E-state index is 0.233. The highest BCUT2D eigenvalue weighted by Gasteiger charge is 2.12. The van der Waals surface area contributed by atoms with E-state index in [4.69, 9.17) is 9.26 Å². The molecule has 6 heteroatoms. The summed E-state index contributed by atoms with van der Waals surface area (Å²) < 4.78 is 10.3. The van der Waals surface area contributed by atoms with Crippen molar-refractivity contribution in [2.75, 3.05) is 12.4 Å². The van der Waals surface area contributed by atoms with E-state index in [0.29, 0.717) is 28.7 Å². The third-order valence-corrected chi connectivity index (χ3v) is 3.27. The first-order valence-corrected chi connectivity index (χ1v) is 7.02. The Bertz CT molecular complexity index is 825. The molecule has 3 rings (SSSR count). The molecule has 0 atom stereocenters. The van der Waals surface area contributed by atoms with Crippen molar-refractivity contribution in [2.24, 2.45) is 0 Å². The van der Waals surface area contributed by atoms with Crippen LogP contribution >= 0.6 is 0 Å². The summed E-state index contributed by atoms with van der Waals surface area (Å²) in [6.45, 7) is 1.76. The fourth-order valence-electron chi connectivity index (χ4n) is 2.14. The zero-order valence-corrected chi connectivity index (χ0v) is 12.7. The molecule has 0 bridgehead atoms. The lowest BCUT2D eigenvalue weighted by Crippen LogP contribution is -2.12. The van der Waals surface area contributed by atoms with Crippen LogP contribution in [0.5, 0.6) is 5.75 Å². The highest BCUT2D eigenvalue weighted by atomic mass is 16.5. The maximum atomic E-state index is 12.3. The van der Waals surface area contributed by atoms with Crippen LogP contribution in [0, 0.1) is 6.92 Å². The summed E-state index contributed by atoms with van der Waals surface area (Å²) in [5.41, 5.74) is 1.94. The van der Waals surface area contributed by atoms with Crippen LogP contribution in [-0.2, 0) is 0 Å². The number of para-hydroxylation sites is 1. The third kappa shape index (κ3) is 3.21. The van der Waals surface area contributed by atoms with Crippen molar-refractivity contribution in [1.82, 2.24) is 10.1 Å². The molecule has 1 heterocycles. The van der Waals surface area contributed by atoms with Crippen LogP contribution < -0.4 is 10.1 Å². The summed E-state index contributed by atoms with van der Waals surface area (Å²) in [6, 6.07) is 14.2. The zero-order chi connectivity index (χ0) is 16.2. The molecule has 0 aliphatic rings. The molecule has 0 aliphatic carbocycles. The number of nitrogens with zero attached hydrogens (tertiary/aromatic N) is 2. The number of aromatic nitrogens is 2. The maximum absolute atomic E-state index is 12.3. The van der Waals surface area contributed by atoms with Crippen LogP contribution in [0.25, 0.3) is 11.5 Å². The van der Waals surface area contributed by atoms with Crippen LogP contribution in [0.2, 0.25) is 0 Å². The highest BCUT2D eigenvalue weighted by Crippen LogP contribution is 2.22. The smallest absolute Gasteiger partial charge is 0.259 e. The SMILES string of the molecule is COc1ccccc1C(=O)Nc1ccc(-c2nc(C)no2)cc1. The number of ether oxygens (including phenoxy) is 1. The molecule has 23 heavy (non-hydrogen) atoms. The first-order valence-electron chi connectivity index (χ1n) is 7.02. The van der Waals surface area contributed by atoms with E-state index in [1.54, 1.807) is 37.3 Å². The van der Waals surface area contributed by atoms with Gasteiger partial charge >= 0.3 is 0 Å². The van der Waals surface area contributed by atoms with E-state index in [-0.39, 0.29) is 5.91 Å². The molecule has 0 saturated carbocycles. The number of carbonyl (C=O) groups is 1. The van der Waals surface area contributed by atoms with Gasteiger partial charge in [0, 0.05) is 11.3 Å². The van der Waals surface area contributed by atoms with Crippen LogP contribution in [0.1, 0.15) is 16.2 Å². The molecule has 0 spiro atoms. The van der Waals surface area contributed by atoms with Gasteiger partial charge in [0.15, 0.2) is 5.82 Å². The van der Waals surface area contributed by atoms with Crippen LogP contribution in [0.15, 0.2) is 53.1 Å². The number of amides is 1. The Morgan fingerprint density at radius 2 is 1.87 bits per heavy atom. The molecule has 0 radical (unpaired) electrons. The highest BCUT2D eigenvalue weighted by molar-refractivity contribution is 6.06. The predicted molar refractivity (Wildman–Crippen MR) is 85.4 cm³/mol. The Morgan fingerprint density at radius 3 is 2.52 bits per heavy atom. The van der Waals surface area contributed by atoms with Crippen molar-refractivity contribution in [3.8, 4) is 17.2 Å². The second-order valence-corrected chi connectivity index (χ2v) is 4.88. The summed E-state index contributed by atoms with van der Waals surface area (Å²) >= 11 is 0. The largest absolute Gasteiger partial charge is 0.496 e. The molecule has 0 saturated heterocycles. The van der Waals surface area contributed by atoms with Crippen LogP contribution in [0.3, 0.4) is 0 Å². The lowest BCUT2D eigenvalue weighted by Gasteiger charge is -2.09. The van der Waals surface area contributed by atoms with Gasteiger partial charge in [0.05, 0.1) is 12.7 Å². The van der Waals surface area contributed by atoms with Gasteiger partial charge in [-0.25, -0.2) is 0 Å². The quantitative estimate of drug-likeness (QED) is 0.800. The predicted octanol–water partition coefficient (Wildman–Crippen LogP) is 3.31. The van der Waals surface area contributed by atoms with Gasteiger partial charge in [-0.2, -0.15) is 4.98 Å². The van der Waals surface area contributed by atoms with Gasteiger partial charge in [-0.3, -0.25) is 4.79 Å². The molecule has 2 aromatic carbocycles. The summed E-state index contributed by atoms with van der Waals surface area (Å²) in [7, 11) is 1.54. The number of aryl methyl sites for hydroxylation is 1. The van der Waals surface area contributed by atoms with Crippen molar-refractivity contribution < 1.29 is 14.1 Å². The summed E-state index contributed by atoms with van der Waals surface area (Å²) in [6.07, 6.45) is 0. The molecule has 1 N–H and O–H groups in total. The Kier molecular flexibility index (Phi) is 4.05. The summed E-state index contributed by atoms with van der Waals surface area (Å²) in [5, 5.41) is 6.58. The molecule has 0 fully saturated rings. The number of rotatable bonds is 4. The van der Waals surface area contributed by atoms with E-state index in [1.807, 2.05) is 18.2 Å². The molecule has 0 aliphatic heterocycles. The second kappa shape index (κ2) is 6.31. The fraction of sp³-hybridized carbons (Fsp3) is 0.118. The fourth-order valence-corrected chi connectivity index (χ4v) is 2.14. The lowest BCUT2D eigenvalue weighted by atomic mass is 10.1. The zero-order valence-electron chi connectivity index (χ0n) is 12.7. The van der Waals surface area contributed by atoms with Gasteiger partial charge < -0.3 is 14.6 Å². The number of nitrogens with one attached hydrogen (secondary N) is 1. The van der Waals surface area contributed by atoms with Gasteiger partial charge in [-0.05, 0) is 43.3 Å². The van der Waals surface area contributed by atoms with Gasteiger partial charge in [0.25, 0.3) is 11.8 Å². The average molecular weight is 309 g/mol. The average Bonchev–Trinajstić information content (AvgIpc) is 3.02. The molecule has 3 aromatic rings. The second-order valence-electron chi connectivity index (χ2n) is 4.88. The molecule has 0 unspecified atom stereocenters. The number of hydrogen-bond donors (Lipinski definition) is 1. The van der Waals surface area contributed by atoms with Crippen molar-refractivity contribution in [3.05, 3.63) is 59.9 Å². The normalized spacial score (nSPS) is 10.3. The van der Waals surface area contributed by atoms with Crippen molar-refractivity contribution in [1.29, 1.82) is 0 Å². The van der Waals surface area contributed by atoms with Gasteiger partial charge in [-0.15, -0.1) is 0 Å². The Morgan fingerprint density at radius 1 is 1.13 bits per heavy atom. The number of methoxy groups -OCH3 is 1. The molecular weight excluding hydrogens is 294 g/mol. The first kappa shape index (κ1) is 14.8. The first-order chi connectivity index (χ1) is 11.2. The Labute approximate surface area is 133 Å². The maximum Gasteiger partial charge on any atom is 0.259 e. The summed E-state index contributed by atoms with van der Waals surface area (Å²) in [4.78, 5) is 16.5. The number of carbonyl (C=O) groups excluding carboxylic acids is 1. The Balaban J connectivity index is 1.77. The molecule has 1 amide bonds.